The van der Waals surface area contributed by atoms with E-state index in [1.807, 2.05) is 38.1 Å². The molecule has 0 unspecified atom stereocenters. The van der Waals surface area contributed by atoms with Crippen LogP contribution in [-0.2, 0) is 0 Å². The minimum atomic E-state index is 0.232. The van der Waals surface area contributed by atoms with Crippen LogP contribution in [0.15, 0.2) is 58.4 Å². The van der Waals surface area contributed by atoms with Gasteiger partial charge in [0.25, 0.3) is 0 Å². The summed E-state index contributed by atoms with van der Waals surface area (Å²) in [5.74, 6) is 0.907. The lowest BCUT2D eigenvalue weighted by Gasteiger charge is -2.17. The predicted molar refractivity (Wildman–Crippen MR) is 81.8 cm³/mol. The van der Waals surface area contributed by atoms with E-state index in [1.165, 1.54) is 6.20 Å². The van der Waals surface area contributed by atoms with Crippen molar-refractivity contribution in [2.24, 2.45) is 10.1 Å². The molecule has 0 saturated heterocycles. The van der Waals surface area contributed by atoms with Crippen LogP contribution in [0.1, 0.15) is 12.5 Å². The third-order valence-corrected chi connectivity index (χ3v) is 3.14. The van der Waals surface area contributed by atoms with Gasteiger partial charge in [0.2, 0.25) is 0 Å². The molecule has 5 heteroatoms. The molecule has 5 nitrogen and oxygen atoms in total. The number of aliphatic imine (C=N–C) groups is 1. The van der Waals surface area contributed by atoms with Crippen molar-refractivity contribution in [1.82, 2.24) is 10.3 Å². The van der Waals surface area contributed by atoms with Crippen LogP contribution < -0.4 is 5.43 Å². The highest BCUT2D eigenvalue weighted by Crippen LogP contribution is 2.21. The Morgan fingerprint density at radius 3 is 2.55 bits per heavy atom. The van der Waals surface area contributed by atoms with Crippen molar-refractivity contribution >= 4 is 11.5 Å². The molecule has 1 heterocycles. The van der Waals surface area contributed by atoms with Gasteiger partial charge in [-0.05, 0) is 31.2 Å². The lowest BCUT2D eigenvalue weighted by molar-refractivity contribution is 0.475. The number of nitrogens with one attached hydrogen (secondary N) is 1. The number of aromatic hydroxyl groups is 1. The molecule has 1 aromatic carbocycles. The summed E-state index contributed by atoms with van der Waals surface area (Å²) in [7, 11) is 3.95. The Kier molecular flexibility index (Phi) is 3.89. The first-order valence-corrected chi connectivity index (χ1v) is 6.25. The normalized spacial score (nSPS) is 18.6. The predicted octanol–water partition coefficient (Wildman–Crippen LogP) is 2.08. The number of hydrazone groups is 1. The number of hydrogen-bond donors (Lipinski definition) is 2. The minimum Gasteiger partial charge on any atom is -0.508 e. The lowest BCUT2D eigenvalue weighted by atomic mass is 10.0. The summed E-state index contributed by atoms with van der Waals surface area (Å²) < 4.78 is 0. The second kappa shape index (κ2) is 5.61. The maximum absolute atomic E-state index is 9.39. The Morgan fingerprint density at radius 1 is 1.35 bits per heavy atom. The molecule has 2 N–H and O–H groups in total. The Hall–Kier alpha value is -2.56. The van der Waals surface area contributed by atoms with Crippen molar-refractivity contribution < 1.29 is 5.11 Å². The Morgan fingerprint density at radius 2 is 2.00 bits per heavy atom. The van der Waals surface area contributed by atoms with Crippen LogP contribution in [0.2, 0.25) is 0 Å². The Labute approximate surface area is 118 Å². The van der Waals surface area contributed by atoms with Crippen LogP contribution in [0.3, 0.4) is 0 Å². The summed E-state index contributed by atoms with van der Waals surface area (Å²) in [4.78, 5) is 6.23. The maximum atomic E-state index is 9.39. The van der Waals surface area contributed by atoms with E-state index in [0.717, 1.165) is 22.5 Å². The Balaban J connectivity index is 2.53. The van der Waals surface area contributed by atoms with E-state index in [9.17, 15) is 5.11 Å². The average Bonchev–Trinajstić information content (AvgIpc) is 2.83. The second-order valence-electron chi connectivity index (χ2n) is 4.63. The highest BCUT2D eigenvalue weighted by molar-refractivity contribution is 6.32. The summed E-state index contributed by atoms with van der Waals surface area (Å²) >= 11 is 0. The van der Waals surface area contributed by atoms with E-state index in [2.05, 4.69) is 22.1 Å². The molecule has 1 aromatic rings. The molecule has 1 aliphatic heterocycles. The van der Waals surface area contributed by atoms with Gasteiger partial charge in [-0.2, -0.15) is 5.10 Å². The number of hydrogen-bond acceptors (Lipinski definition) is 4. The van der Waals surface area contributed by atoms with Gasteiger partial charge in [0, 0.05) is 31.6 Å². The average molecular weight is 270 g/mol. The van der Waals surface area contributed by atoms with Crippen molar-refractivity contribution in [1.29, 1.82) is 0 Å². The molecule has 0 spiro atoms. The molecule has 0 bridgehead atoms. The van der Waals surface area contributed by atoms with Crippen molar-refractivity contribution in [2.75, 3.05) is 14.1 Å². The molecular weight excluding hydrogens is 252 g/mol. The van der Waals surface area contributed by atoms with Gasteiger partial charge >= 0.3 is 0 Å². The van der Waals surface area contributed by atoms with Crippen LogP contribution in [0.25, 0.3) is 0 Å². The monoisotopic (exact) mass is 270 g/mol. The first-order chi connectivity index (χ1) is 9.54. The SMILES string of the molecule is C=CN=C1NN=C(c2ccc(O)cc2)/C1=C(/C)N(C)C. The van der Waals surface area contributed by atoms with Crippen LogP contribution in [0, 0.1) is 0 Å². The molecule has 0 aromatic heterocycles. The molecule has 0 saturated carbocycles. The fourth-order valence-electron chi connectivity index (χ4n) is 1.91. The van der Waals surface area contributed by atoms with E-state index in [-0.39, 0.29) is 5.75 Å². The number of benzene rings is 1. The van der Waals surface area contributed by atoms with Gasteiger partial charge in [0.1, 0.15) is 11.5 Å². The fourth-order valence-corrected chi connectivity index (χ4v) is 1.91. The Bertz CT molecular complexity index is 609. The third-order valence-electron chi connectivity index (χ3n) is 3.14. The molecule has 0 aliphatic carbocycles. The van der Waals surface area contributed by atoms with Gasteiger partial charge in [-0.3, -0.25) is 5.43 Å². The number of amidine groups is 1. The zero-order chi connectivity index (χ0) is 14.7. The molecule has 0 fully saturated rings. The topological polar surface area (TPSA) is 60.2 Å². The van der Waals surface area contributed by atoms with E-state index in [4.69, 9.17) is 0 Å². The van der Waals surface area contributed by atoms with Gasteiger partial charge in [0.15, 0.2) is 5.84 Å². The van der Waals surface area contributed by atoms with Crippen LogP contribution in [0.5, 0.6) is 5.75 Å². The summed E-state index contributed by atoms with van der Waals surface area (Å²) in [6, 6.07) is 6.94. The van der Waals surface area contributed by atoms with Gasteiger partial charge in [-0.1, -0.05) is 6.58 Å². The van der Waals surface area contributed by atoms with Gasteiger partial charge < -0.3 is 10.0 Å². The summed E-state index contributed by atoms with van der Waals surface area (Å²) in [5.41, 5.74) is 6.62. The quantitative estimate of drug-likeness (QED) is 0.884. The smallest absolute Gasteiger partial charge is 0.157 e. The molecular formula is C15H18N4O. The molecule has 0 amide bonds. The van der Waals surface area contributed by atoms with E-state index in [1.54, 1.807) is 12.1 Å². The first kappa shape index (κ1) is 13.9. The van der Waals surface area contributed by atoms with Crippen molar-refractivity contribution in [2.45, 2.75) is 6.92 Å². The molecule has 20 heavy (non-hydrogen) atoms. The zero-order valence-electron chi connectivity index (χ0n) is 11.9. The number of allylic oxidation sites excluding steroid dienone is 1. The van der Waals surface area contributed by atoms with Gasteiger partial charge in [0.05, 0.1) is 5.57 Å². The van der Waals surface area contributed by atoms with E-state index in [0.29, 0.717) is 5.84 Å². The van der Waals surface area contributed by atoms with Gasteiger partial charge in [-0.15, -0.1) is 0 Å². The summed E-state index contributed by atoms with van der Waals surface area (Å²) in [5, 5.41) is 13.7. The number of rotatable bonds is 3. The first-order valence-electron chi connectivity index (χ1n) is 6.25. The van der Waals surface area contributed by atoms with Crippen LogP contribution >= 0.6 is 0 Å². The van der Waals surface area contributed by atoms with Crippen molar-refractivity contribution in [3.05, 3.63) is 53.9 Å². The summed E-state index contributed by atoms with van der Waals surface area (Å²) in [6.07, 6.45) is 1.49. The van der Waals surface area contributed by atoms with Crippen LogP contribution in [-0.4, -0.2) is 35.6 Å². The second-order valence-corrected chi connectivity index (χ2v) is 4.63. The summed E-state index contributed by atoms with van der Waals surface area (Å²) in [6.45, 7) is 5.64. The minimum absolute atomic E-state index is 0.232. The number of phenolic OH excluding ortho intramolecular Hbond substituents is 1. The molecule has 2 rings (SSSR count). The lowest BCUT2D eigenvalue weighted by Crippen LogP contribution is -2.21. The maximum Gasteiger partial charge on any atom is 0.157 e. The largest absolute Gasteiger partial charge is 0.508 e. The molecule has 0 atom stereocenters. The van der Waals surface area contributed by atoms with Crippen molar-refractivity contribution in [3.8, 4) is 5.75 Å². The van der Waals surface area contributed by atoms with Crippen LogP contribution in [0.4, 0.5) is 0 Å². The molecule has 1 aliphatic rings. The third kappa shape index (κ3) is 2.56. The fraction of sp³-hybridized carbons (Fsp3) is 0.200. The molecule has 0 radical (unpaired) electrons. The zero-order valence-corrected chi connectivity index (χ0v) is 11.9. The van der Waals surface area contributed by atoms with E-state index < -0.39 is 0 Å². The number of nitrogens with zero attached hydrogens (tertiary/aromatic N) is 3. The van der Waals surface area contributed by atoms with Gasteiger partial charge in [-0.25, -0.2) is 4.99 Å². The molecule has 104 valence electrons. The number of phenols is 1. The highest BCUT2D eigenvalue weighted by Gasteiger charge is 2.25. The highest BCUT2D eigenvalue weighted by atomic mass is 16.3. The standard InChI is InChI=1S/C15H18N4O/c1-5-16-15-13(10(2)19(3)4)14(17-18-15)11-6-8-12(20)9-7-11/h5-9,20H,1H2,2-4H3,(H,16,18)/b13-10+. The van der Waals surface area contributed by atoms with E-state index >= 15 is 0 Å². The van der Waals surface area contributed by atoms with Crippen molar-refractivity contribution in [3.63, 3.8) is 0 Å².